The molecule has 124 valence electrons. The molecule has 0 fully saturated rings. The average molecular weight is 431 g/mol. The molecule has 0 bridgehead atoms. The number of nitrogens with one attached hydrogen (secondary N) is 1. The van der Waals surface area contributed by atoms with E-state index >= 15 is 0 Å². The van der Waals surface area contributed by atoms with E-state index in [0.29, 0.717) is 12.0 Å². The fourth-order valence-corrected chi connectivity index (χ4v) is 4.12. The van der Waals surface area contributed by atoms with E-state index in [-0.39, 0.29) is 11.6 Å². The molecular formula is C17H20F2IN3. The number of imidazole rings is 1. The van der Waals surface area contributed by atoms with Crippen molar-refractivity contribution in [2.24, 2.45) is 0 Å². The van der Waals surface area contributed by atoms with Crippen LogP contribution in [-0.4, -0.2) is 16.1 Å². The van der Waals surface area contributed by atoms with E-state index in [1.807, 2.05) is 0 Å². The molecule has 3 rings (SSSR count). The summed E-state index contributed by atoms with van der Waals surface area (Å²) >= 11 is 2.28. The molecule has 0 amide bonds. The Morgan fingerprint density at radius 2 is 2.04 bits per heavy atom. The summed E-state index contributed by atoms with van der Waals surface area (Å²) in [7, 11) is 0. The lowest BCUT2D eigenvalue weighted by Gasteiger charge is -2.27. The molecule has 1 N–H and O–H groups in total. The van der Waals surface area contributed by atoms with Gasteiger partial charge in [0.1, 0.15) is 21.2 Å². The van der Waals surface area contributed by atoms with Crippen molar-refractivity contribution in [1.29, 1.82) is 0 Å². The monoisotopic (exact) mass is 431 g/mol. The maximum Gasteiger partial charge on any atom is 0.129 e. The van der Waals surface area contributed by atoms with Crippen LogP contribution in [0.1, 0.15) is 42.0 Å². The molecular weight excluding hydrogens is 411 g/mol. The molecule has 0 aliphatic carbocycles. The first-order chi connectivity index (χ1) is 11.0. The number of nitrogens with zero attached hydrogens (tertiary/aromatic N) is 2. The Morgan fingerprint density at radius 3 is 2.70 bits per heavy atom. The average Bonchev–Trinajstić information content (AvgIpc) is 2.87. The molecule has 0 spiro atoms. The molecule has 1 aliphatic rings. The molecule has 0 saturated carbocycles. The molecule has 3 nitrogen and oxygen atoms in total. The van der Waals surface area contributed by atoms with Gasteiger partial charge in [-0.3, -0.25) is 0 Å². The Kier molecular flexibility index (Phi) is 5.01. The molecule has 1 aromatic carbocycles. The van der Waals surface area contributed by atoms with Crippen LogP contribution < -0.4 is 5.32 Å². The van der Waals surface area contributed by atoms with Crippen LogP contribution in [0.15, 0.2) is 12.1 Å². The Labute approximate surface area is 148 Å². The van der Waals surface area contributed by atoms with Crippen molar-refractivity contribution in [3.8, 4) is 0 Å². The van der Waals surface area contributed by atoms with Crippen molar-refractivity contribution in [1.82, 2.24) is 14.9 Å². The van der Waals surface area contributed by atoms with Gasteiger partial charge in [0.15, 0.2) is 0 Å². The third-order valence-electron chi connectivity index (χ3n) is 4.48. The SMILES string of the molecule is CCc1nc(I)c2n1CCNC2CCc1cc(F)c(C)c(F)c1. The second-order valence-electron chi connectivity index (χ2n) is 5.94. The largest absolute Gasteiger partial charge is 0.328 e. The fourth-order valence-electron chi connectivity index (χ4n) is 3.17. The predicted octanol–water partition coefficient (Wildman–Crippen LogP) is 3.91. The highest BCUT2D eigenvalue weighted by molar-refractivity contribution is 14.1. The van der Waals surface area contributed by atoms with E-state index in [1.54, 1.807) is 0 Å². The van der Waals surface area contributed by atoms with Crippen molar-refractivity contribution < 1.29 is 8.78 Å². The van der Waals surface area contributed by atoms with Crippen molar-refractivity contribution in [2.45, 2.75) is 45.7 Å². The number of hydrogen-bond donors (Lipinski definition) is 1. The van der Waals surface area contributed by atoms with Gasteiger partial charge in [-0.2, -0.15) is 0 Å². The molecule has 1 atom stereocenters. The lowest BCUT2D eigenvalue weighted by atomic mass is 10.0. The minimum absolute atomic E-state index is 0.0877. The van der Waals surface area contributed by atoms with E-state index < -0.39 is 11.6 Å². The van der Waals surface area contributed by atoms with Crippen LogP contribution in [0.2, 0.25) is 0 Å². The summed E-state index contributed by atoms with van der Waals surface area (Å²) in [4.78, 5) is 4.65. The first-order valence-electron chi connectivity index (χ1n) is 7.94. The van der Waals surface area contributed by atoms with Crippen LogP contribution in [0.3, 0.4) is 0 Å². The van der Waals surface area contributed by atoms with Gasteiger partial charge in [-0.1, -0.05) is 6.92 Å². The van der Waals surface area contributed by atoms with Crippen molar-refractivity contribution in [3.63, 3.8) is 0 Å². The normalized spacial score (nSPS) is 17.3. The van der Waals surface area contributed by atoms with E-state index in [1.165, 1.54) is 24.8 Å². The summed E-state index contributed by atoms with van der Waals surface area (Å²) in [5.41, 5.74) is 2.00. The second kappa shape index (κ2) is 6.84. The van der Waals surface area contributed by atoms with Crippen LogP contribution in [0.5, 0.6) is 0 Å². The smallest absolute Gasteiger partial charge is 0.129 e. The zero-order chi connectivity index (χ0) is 16.6. The van der Waals surface area contributed by atoms with Gasteiger partial charge in [-0.25, -0.2) is 13.8 Å². The lowest BCUT2D eigenvalue weighted by Crippen LogP contribution is -2.34. The summed E-state index contributed by atoms with van der Waals surface area (Å²) in [6, 6.07) is 3.07. The Balaban J connectivity index is 1.79. The summed E-state index contributed by atoms with van der Waals surface area (Å²) in [5, 5.41) is 3.51. The number of hydrogen-bond acceptors (Lipinski definition) is 2. The van der Waals surface area contributed by atoms with Gasteiger partial charge < -0.3 is 9.88 Å². The number of halogens is 3. The minimum Gasteiger partial charge on any atom is -0.328 e. The van der Waals surface area contributed by atoms with Gasteiger partial charge in [0, 0.05) is 25.1 Å². The summed E-state index contributed by atoms with van der Waals surface area (Å²) < 4.78 is 30.7. The highest BCUT2D eigenvalue weighted by Crippen LogP contribution is 2.28. The Hall–Kier alpha value is -1.02. The van der Waals surface area contributed by atoms with Crippen molar-refractivity contribution in [3.05, 3.63) is 50.1 Å². The molecule has 2 aromatic rings. The fraction of sp³-hybridized carbons (Fsp3) is 0.471. The van der Waals surface area contributed by atoms with Crippen LogP contribution in [0.4, 0.5) is 8.78 Å². The predicted molar refractivity (Wildman–Crippen MR) is 94.5 cm³/mol. The standard InChI is InChI=1S/C17H20F2IN3/c1-3-15-22-17(20)16-14(21-6-7-23(15)16)5-4-11-8-12(18)10(2)13(19)9-11/h8-9,14,21H,3-7H2,1-2H3. The first-order valence-corrected chi connectivity index (χ1v) is 9.01. The van der Waals surface area contributed by atoms with Crippen molar-refractivity contribution >= 4 is 22.6 Å². The van der Waals surface area contributed by atoms with Gasteiger partial charge in [0.25, 0.3) is 0 Å². The Morgan fingerprint density at radius 1 is 1.35 bits per heavy atom. The maximum atomic E-state index is 13.7. The molecule has 2 heterocycles. The van der Waals surface area contributed by atoms with Gasteiger partial charge in [-0.05, 0) is 60.1 Å². The number of aromatic nitrogens is 2. The van der Waals surface area contributed by atoms with E-state index in [0.717, 1.165) is 35.5 Å². The molecule has 1 aromatic heterocycles. The third kappa shape index (κ3) is 3.28. The van der Waals surface area contributed by atoms with E-state index in [4.69, 9.17) is 0 Å². The summed E-state index contributed by atoms with van der Waals surface area (Å²) in [6.45, 7) is 5.40. The van der Waals surface area contributed by atoms with E-state index in [2.05, 4.69) is 44.4 Å². The Bertz CT molecular complexity index is 704. The van der Waals surface area contributed by atoms with Gasteiger partial charge >= 0.3 is 0 Å². The van der Waals surface area contributed by atoms with Crippen LogP contribution in [0.25, 0.3) is 0 Å². The number of aryl methyl sites for hydroxylation is 2. The molecule has 0 radical (unpaired) electrons. The quantitative estimate of drug-likeness (QED) is 0.745. The molecule has 1 unspecified atom stereocenters. The minimum atomic E-state index is -0.468. The second-order valence-corrected chi connectivity index (χ2v) is 6.96. The summed E-state index contributed by atoms with van der Waals surface area (Å²) in [5.74, 6) is 0.178. The highest BCUT2D eigenvalue weighted by Gasteiger charge is 2.26. The zero-order valence-electron chi connectivity index (χ0n) is 13.3. The molecule has 6 heteroatoms. The van der Waals surface area contributed by atoms with Crippen LogP contribution >= 0.6 is 22.6 Å². The topological polar surface area (TPSA) is 29.9 Å². The molecule has 0 saturated heterocycles. The highest BCUT2D eigenvalue weighted by atomic mass is 127. The first kappa shape index (κ1) is 16.8. The van der Waals surface area contributed by atoms with Gasteiger partial charge in [0.05, 0.1) is 11.7 Å². The third-order valence-corrected chi connectivity index (χ3v) is 5.27. The number of rotatable bonds is 4. The maximum absolute atomic E-state index is 13.7. The lowest BCUT2D eigenvalue weighted by molar-refractivity contribution is 0.398. The summed E-state index contributed by atoms with van der Waals surface area (Å²) in [6.07, 6.45) is 2.35. The van der Waals surface area contributed by atoms with Crippen molar-refractivity contribution in [2.75, 3.05) is 6.54 Å². The molecule has 1 aliphatic heterocycles. The molecule has 23 heavy (non-hydrogen) atoms. The van der Waals surface area contributed by atoms with Crippen LogP contribution in [0, 0.1) is 22.3 Å². The van der Waals surface area contributed by atoms with E-state index in [9.17, 15) is 8.78 Å². The van der Waals surface area contributed by atoms with Crippen LogP contribution in [-0.2, 0) is 19.4 Å². The van der Waals surface area contributed by atoms with Gasteiger partial charge in [-0.15, -0.1) is 0 Å². The van der Waals surface area contributed by atoms with Gasteiger partial charge in [0.2, 0.25) is 0 Å². The number of benzene rings is 1. The zero-order valence-corrected chi connectivity index (χ0v) is 15.5. The number of fused-ring (bicyclic) bond motifs is 1.